The van der Waals surface area contributed by atoms with Gasteiger partial charge in [-0.15, -0.1) is 0 Å². The normalized spacial score (nSPS) is 9.52. The minimum absolute atomic E-state index is 0.0290. The first-order chi connectivity index (χ1) is 13.0. The highest BCUT2D eigenvalue weighted by Gasteiger charge is 2.16. The molecule has 0 radical (unpaired) electrons. The third kappa shape index (κ3) is 5.93. The number of carbonyl (C=O) groups is 3. The Morgan fingerprint density at radius 2 is 1.19 bits per heavy atom. The summed E-state index contributed by atoms with van der Waals surface area (Å²) in [4.78, 5) is 33.6. The highest BCUT2D eigenvalue weighted by Crippen LogP contribution is 2.14. The number of hydrogen-bond donors (Lipinski definition) is 2. The Bertz CT molecular complexity index is 921. The first kappa shape index (κ1) is 19.6. The van der Waals surface area contributed by atoms with E-state index in [2.05, 4.69) is 5.32 Å². The van der Waals surface area contributed by atoms with Crippen LogP contribution in [0.1, 0.15) is 33.2 Å². The Labute approximate surface area is 157 Å². The van der Waals surface area contributed by atoms with Crippen molar-refractivity contribution in [1.29, 1.82) is 0 Å². The second-order valence-corrected chi connectivity index (χ2v) is 5.59. The molecule has 0 aromatic heterocycles. The van der Waals surface area contributed by atoms with Gasteiger partial charge in [-0.3, -0.25) is 9.59 Å². The molecule has 3 aromatic carbocycles. The maximum absolute atomic E-state index is 12.1. The topological polar surface area (TPSA) is 83.5 Å². The van der Waals surface area contributed by atoms with Crippen molar-refractivity contribution in [3.8, 4) is 0 Å². The summed E-state index contributed by atoms with van der Waals surface area (Å²) in [5.74, 6) is -1.40. The largest absolute Gasteiger partial charge is 0.478 e. The number of hydrogen-bond acceptors (Lipinski definition) is 3. The summed E-state index contributed by atoms with van der Waals surface area (Å²) in [7, 11) is 0. The van der Waals surface area contributed by atoms with E-state index in [1.807, 2.05) is 30.3 Å². The van der Waals surface area contributed by atoms with E-state index in [-0.39, 0.29) is 22.8 Å². The molecular formula is C22H19NO4. The van der Waals surface area contributed by atoms with Gasteiger partial charge in [-0.05, 0) is 18.2 Å². The second-order valence-electron chi connectivity index (χ2n) is 5.59. The van der Waals surface area contributed by atoms with Crippen molar-refractivity contribution in [2.75, 3.05) is 5.32 Å². The van der Waals surface area contributed by atoms with E-state index in [0.29, 0.717) is 5.56 Å². The third-order valence-corrected chi connectivity index (χ3v) is 3.53. The van der Waals surface area contributed by atoms with Gasteiger partial charge < -0.3 is 10.4 Å². The standard InChI is InChI=1S/C14H10O3.C8H9NO/c15-13(10-6-2-1-3-7-10)11-8-4-5-9-12(11)14(16)17;1-7(10)9-8-5-3-2-4-6-8/h1-9H,(H,16,17);2-6H,1H3,(H,9,10). The average Bonchev–Trinajstić information content (AvgIpc) is 2.69. The Morgan fingerprint density at radius 3 is 1.70 bits per heavy atom. The molecule has 0 heterocycles. The van der Waals surface area contributed by atoms with E-state index >= 15 is 0 Å². The van der Waals surface area contributed by atoms with Gasteiger partial charge in [0.25, 0.3) is 0 Å². The number of nitrogens with one attached hydrogen (secondary N) is 1. The zero-order chi connectivity index (χ0) is 19.6. The lowest BCUT2D eigenvalue weighted by Gasteiger charge is -2.04. The smallest absolute Gasteiger partial charge is 0.336 e. The molecule has 0 aliphatic rings. The summed E-state index contributed by atoms with van der Waals surface area (Å²) in [6, 6.07) is 24.2. The van der Waals surface area contributed by atoms with Gasteiger partial charge in [0.2, 0.25) is 5.91 Å². The van der Waals surface area contributed by atoms with Crippen LogP contribution in [-0.2, 0) is 4.79 Å². The van der Waals surface area contributed by atoms with Crippen LogP contribution in [0.5, 0.6) is 0 Å². The minimum Gasteiger partial charge on any atom is -0.478 e. The summed E-state index contributed by atoms with van der Waals surface area (Å²) in [6.45, 7) is 1.49. The molecule has 0 bridgehead atoms. The van der Waals surface area contributed by atoms with Crippen molar-refractivity contribution < 1.29 is 19.5 Å². The van der Waals surface area contributed by atoms with Crippen molar-refractivity contribution in [2.45, 2.75) is 6.92 Å². The quantitative estimate of drug-likeness (QED) is 0.680. The van der Waals surface area contributed by atoms with E-state index in [1.165, 1.54) is 19.1 Å². The van der Waals surface area contributed by atoms with Gasteiger partial charge in [0.15, 0.2) is 5.78 Å². The average molecular weight is 361 g/mol. The number of benzene rings is 3. The first-order valence-corrected chi connectivity index (χ1v) is 8.23. The van der Waals surface area contributed by atoms with Crippen molar-refractivity contribution in [3.63, 3.8) is 0 Å². The molecule has 0 atom stereocenters. The molecule has 5 nitrogen and oxygen atoms in total. The molecule has 3 aromatic rings. The Balaban J connectivity index is 0.000000223. The SMILES string of the molecule is CC(=O)Nc1ccccc1.O=C(O)c1ccccc1C(=O)c1ccccc1. The van der Waals surface area contributed by atoms with Crippen LogP contribution in [0.4, 0.5) is 5.69 Å². The monoisotopic (exact) mass is 361 g/mol. The zero-order valence-electron chi connectivity index (χ0n) is 14.8. The lowest BCUT2D eigenvalue weighted by Crippen LogP contribution is -2.09. The molecular weight excluding hydrogens is 342 g/mol. The predicted octanol–water partition coefficient (Wildman–Crippen LogP) is 4.26. The molecule has 136 valence electrons. The lowest BCUT2D eigenvalue weighted by molar-refractivity contribution is -0.114. The fourth-order valence-corrected chi connectivity index (χ4v) is 2.34. The number of carbonyl (C=O) groups excluding carboxylic acids is 2. The van der Waals surface area contributed by atoms with Crippen molar-refractivity contribution >= 4 is 23.3 Å². The fraction of sp³-hybridized carbons (Fsp3) is 0.0455. The van der Waals surface area contributed by atoms with E-state index < -0.39 is 5.97 Å². The summed E-state index contributed by atoms with van der Waals surface area (Å²) >= 11 is 0. The van der Waals surface area contributed by atoms with Crippen LogP contribution in [0.2, 0.25) is 0 Å². The number of amides is 1. The second kappa shape index (κ2) is 9.68. The van der Waals surface area contributed by atoms with Crippen molar-refractivity contribution in [2.24, 2.45) is 0 Å². The van der Waals surface area contributed by atoms with Crippen LogP contribution in [-0.4, -0.2) is 22.8 Å². The molecule has 0 unspecified atom stereocenters. The van der Waals surface area contributed by atoms with Crippen LogP contribution in [0.15, 0.2) is 84.9 Å². The molecule has 0 aliphatic heterocycles. The highest BCUT2D eigenvalue weighted by molar-refractivity contribution is 6.14. The molecule has 1 amide bonds. The number of aromatic carboxylic acids is 1. The predicted molar refractivity (Wildman–Crippen MR) is 104 cm³/mol. The fourth-order valence-electron chi connectivity index (χ4n) is 2.34. The van der Waals surface area contributed by atoms with Gasteiger partial charge >= 0.3 is 5.97 Å². The minimum atomic E-state index is -1.09. The van der Waals surface area contributed by atoms with Crippen molar-refractivity contribution in [1.82, 2.24) is 0 Å². The Morgan fingerprint density at radius 1 is 0.704 bits per heavy atom. The number of anilines is 1. The Hall–Kier alpha value is -3.73. The number of carboxylic acids is 1. The van der Waals surface area contributed by atoms with Gasteiger partial charge in [0.05, 0.1) is 5.56 Å². The number of ketones is 1. The number of rotatable bonds is 4. The zero-order valence-corrected chi connectivity index (χ0v) is 14.8. The maximum atomic E-state index is 12.1. The van der Waals surface area contributed by atoms with E-state index in [9.17, 15) is 14.4 Å². The van der Waals surface area contributed by atoms with Crippen LogP contribution in [0.3, 0.4) is 0 Å². The molecule has 0 fully saturated rings. The van der Waals surface area contributed by atoms with Crippen LogP contribution < -0.4 is 5.32 Å². The lowest BCUT2D eigenvalue weighted by atomic mass is 9.98. The summed E-state index contributed by atoms with van der Waals surface area (Å²) in [5.41, 5.74) is 1.57. The molecule has 5 heteroatoms. The summed E-state index contributed by atoms with van der Waals surface area (Å²) in [5, 5.41) is 11.7. The Kier molecular flexibility index (Phi) is 7.02. The van der Waals surface area contributed by atoms with E-state index in [1.54, 1.807) is 42.5 Å². The number of para-hydroxylation sites is 1. The van der Waals surface area contributed by atoms with Gasteiger partial charge in [0.1, 0.15) is 0 Å². The maximum Gasteiger partial charge on any atom is 0.336 e. The van der Waals surface area contributed by atoms with E-state index in [0.717, 1.165) is 5.69 Å². The molecule has 0 saturated heterocycles. The van der Waals surface area contributed by atoms with Crippen LogP contribution >= 0.6 is 0 Å². The highest BCUT2D eigenvalue weighted by atomic mass is 16.4. The van der Waals surface area contributed by atoms with E-state index in [4.69, 9.17) is 5.11 Å². The number of carboxylic acid groups (broad SMARTS) is 1. The molecule has 2 N–H and O–H groups in total. The molecule has 0 spiro atoms. The van der Waals surface area contributed by atoms with Gasteiger partial charge in [0, 0.05) is 23.7 Å². The molecule has 0 saturated carbocycles. The third-order valence-electron chi connectivity index (χ3n) is 3.53. The molecule has 0 aliphatic carbocycles. The van der Waals surface area contributed by atoms with Crippen LogP contribution in [0, 0.1) is 0 Å². The molecule has 27 heavy (non-hydrogen) atoms. The van der Waals surface area contributed by atoms with Gasteiger partial charge in [-0.25, -0.2) is 4.79 Å². The first-order valence-electron chi connectivity index (χ1n) is 8.23. The van der Waals surface area contributed by atoms with Crippen molar-refractivity contribution in [3.05, 3.63) is 102 Å². The summed E-state index contributed by atoms with van der Waals surface area (Å²) < 4.78 is 0. The van der Waals surface area contributed by atoms with Gasteiger partial charge in [-0.2, -0.15) is 0 Å². The van der Waals surface area contributed by atoms with Crippen LogP contribution in [0.25, 0.3) is 0 Å². The summed E-state index contributed by atoms with van der Waals surface area (Å²) in [6.07, 6.45) is 0. The molecule has 3 rings (SSSR count). The van der Waals surface area contributed by atoms with Gasteiger partial charge in [-0.1, -0.05) is 66.7 Å².